The van der Waals surface area contributed by atoms with Crippen LogP contribution in [0.2, 0.25) is 0 Å². The first-order valence-corrected chi connectivity index (χ1v) is 10.7. The van der Waals surface area contributed by atoms with Gasteiger partial charge in [0.05, 0.1) is 18.5 Å². The van der Waals surface area contributed by atoms with Crippen LogP contribution in [0.5, 0.6) is 11.5 Å². The summed E-state index contributed by atoms with van der Waals surface area (Å²) in [6.45, 7) is 4.33. The number of amides is 1. The normalized spacial score (nSPS) is 12.1. The molecule has 0 bridgehead atoms. The Morgan fingerprint density at radius 2 is 1.79 bits per heavy atom. The molecule has 7 nitrogen and oxygen atoms in total. The number of para-hydroxylation sites is 1. The number of sulfonamides is 1. The van der Waals surface area contributed by atoms with Crippen molar-refractivity contribution < 1.29 is 22.7 Å². The van der Waals surface area contributed by atoms with Gasteiger partial charge in [0.15, 0.2) is 6.10 Å². The molecule has 2 aromatic rings. The summed E-state index contributed by atoms with van der Waals surface area (Å²) in [5.41, 5.74) is 1.55. The van der Waals surface area contributed by atoms with Crippen LogP contribution in [0.1, 0.15) is 12.5 Å². The monoisotopic (exact) mass is 406 g/mol. The lowest BCUT2D eigenvalue weighted by Crippen LogP contribution is -2.38. The average molecular weight is 407 g/mol. The Morgan fingerprint density at radius 3 is 2.39 bits per heavy atom. The van der Waals surface area contributed by atoms with Crippen LogP contribution in [0.15, 0.2) is 48.5 Å². The second-order valence-electron chi connectivity index (χ2n) is 6.39. The molecule has 8 heteroatoms. The Morgan fingerprint density at radius 1 is 1.14 bits per heavy atom. The van der Waals surface area contributed by atoms with Gasteiger partial charge < -0.3 is 14.8 Å². The summed E-state index contributed by atoms with van der Waals surface area (Å²) in [6.07, 6.45) is 0.434. The first-order chi connectivity index (χ1) is 13.2. The lowest BCUT2D eigenvalue weighted by Gasteiger charge is -2.18. The third kappa shape index (κ3) is 6.16. The molecule has 1 amide bonds. The summed E-state index contributed by atoms with van der Waals surface area (Å²) < 4.78 is 35.5. The Balaban J connectivity index is 1.79. The maximum atomic E-state index is 12.2. The van der Waals surface area contributed by atoms with Crippen molar-refractivity contribution in [3.63, 3.8) is 0 Å². The summed E-state index contributed by atoms with van der Waals surface area (Å²) >= 11 is 0. The molecule has 0 aliphatic heterocycles. The number of hydrogen-bond acceptors (Lipinski definition) is 5. The second kappa shape index (κ2) is 9.45. The topological polar surface area (TPSA) is 84.9 Å². The van der Waals surface area contributed by atoms with Gasteiger partial charge in [-0.2, -0.15) is 0 Å². The summed E-state index contributed by atoms with van der Waals surface area (Å²) in [6, 6.07) is 14.2. The van der Waals surface area contributed by atoms with Crippen LogP contribution in [0, 0.1) is 6.92 Å². The summed E-state index contributed by atoms with van der Waals surface area (Å²) in [4.78, 5) is 12.2. The van der Waals surface area contributed by atoms with Crippen LogP contribution < -0.4 is 19.1 Å². The predicted molar refractivity (Wildman–Crippen MR) is 109 cm³/mol. The molecule has 0 unspecified atom stereocenters. The summed E-state index contributed by atoms with van der Waals surface area (Å²) in [7, 11) is -1.85. The van der Waals surface area contributed by atoms with E-state index in [2.05, 4.69) is 5.32 Å². The molecule has 28 heavy (non-hydrogen) atoms. The maximum Gasteiger partial charge on any atom is 0.260 e. The molecule has 0 aromatic heterocycles. The molecule has 0 heterocycles. The van der Waals surface area contributed by atoms with Gasteiger partial charge in [-0.25, -0.2) is 8.42 Å². The third-order valence-corrected chi connectivity index (χ3v) is 5.34. The van der Waals surface area contributed by atoms with Crippen molar-refractivity contribution in [1.29, 1.82) is 0 Å². The molecule has 152 valence electrons. The molecule has 0 aliphatic rings. The van der Waals surface area contributed by atoms with E-state index in [9.17, 15) is 13.2 Å². The zero-order chi connectivity index (χ0) is 20.7. The highest BCUT2D eigenvalue weighted by Gasteiger charge is 2.15. The number of rotatable bonds is 9. The number of nitrogens with zero attached hydrogens (tertiary/aromatic N) is 1. The smallest absolute Gasteiger partial charge is 0.260 e. The van der Waals surface area contributed by atoms with E-state index in [0.29, 0.717) is 24.6 Å². The van der Waals surface area contributed by atoms with Gasteiger partial charge in [-0.3, -0.25) is 9.10 Å². The predicted octanol–water partition coefficient (Wildman–Crippen LogP) is 2.35. The number of carbonyl (C=O) groups is 1. The van der Waals surface area contributed by atoms with Gasteiger partial charge in [-0.05, 0) is 49.7 Å². The van der Waals surface area contributed by atoms with Gasteiger partial charge in [-0.15, -0.1) is 0 Å². The largest absolute Gasteiger partial charge is 0.491 e. The number of nitrogens with one attached hydrogen (secondary N) is 1. The minimum atomic E-state index is -3.32. The fraction of sp³-hybridized carbons (Fsp3) is 0.350. The van der Waals surface area contributed by atoms with E-state index in [1.54, 1.807) is 31.2 Å². The van der Waals surface area contributed by atoms with E-state index in [-0.39, 0.29) is 5.91 Å². The minimum absolute atomic E-state index is 0.259. The van der Waals surface area contributed by atoms with Gasteiger partial charge >= 0.3 is 0 Å². The SMILES string of the molecule is Cc1ccccc1OCCNC(=O)[C@@H](C)Oc1ccc(N(C)S(C)(=O)=O)cc1. The van der Waals surface area contributed by atoms with E-state index in [1.807, 2.05) is 31.2 Å². The molecule has 2 aromatic carbocycles. The second-order valence-corrected chi connectivity index (χ2v) is 8.40. The first-order valence-electron chi connectivity index (χ1n) is 8.85. The third-order valence-electron chi connectivity index (χ3n) is 4.13. The molecule has 0 spiro atoms. The molecule has 0 radical (unpaired) electrons. The van der Waals surface area contributed by atoms with E-state index in [1.165, 1.54) is 11.4 Å². The van der Waals surface area contributed by atoms with Crippen LogP contribution in [0.4, 0.5) is 5.69 Å². The molecule has 1 atom stereocenters. The van der Waals surface area contributed by atoms with Crippen LogP contribution in [0.3, 0.4) is 0 Å². The molecule has 0 saturated heterocycles. The highest BCUT2D eigenvalue weighted by atomic mass is 32.2. The van der Waals surface area contributed by atoms with E-state index in [4.69, 9.17) is 9.47 Å². The highest BCUT2D eigenvalue weighted by Crippen LogP contribution is 2.21. The number of hydrogen-bond donors (Lipinski definition) is 1. The fourth-order valence-electron chi connectivity index (χ4n) is 2.38. The van der Waals surface area contributed by atoms with Crippen molar-refractivity contribution in [3.8, 4) is 11.5 Å². The Bertz CT molecular complexity index is 897. The molecule has 1 N–H and O–H groups in total. The Hall–Kier alpha value is -2.74. The summed E-state index contributed by atoms with van der Waals surface area (Å²) in [5, 5.41) is 2.77. The van der Waals surface area contributed by atoms with Gasteiger partial charge in [0.1, 0.15) is 18.1 Å². The van der Waals surface area contributed by atoms with Gasteiger partial charge in [0.2, 0.25) is 10.0 Å². The quantitative estimate of drug-likeness (QED) is 0.646. The zero-order valence-corrected chi connectivity index (χ0v) is 17.3. The van der Waals surface area contributed by atoms with Crippen molar-refractivity contribution >= 4 is 21.6 Å². The van der Waals surface area contributed by atoms with Crippen LogP contribution in [0.25, 0.3) is 0 Å². The number of anilines is 1. The van der Waals surface area contributed by atoms with Crippen molar-refractivity contribution in [3.05, 3.63) is 54.1 Å². The minimum Gasteiger partial charge on any atom is -0.491 e. The zero-order valence-electron chi connectivity index (χ0n) is 16.5. The van der Waals surface area contributed by atoms with Crippen molar-refractivity contribution in [2.24, 2.45) is 0 Å². The molecular formula is C20H26N2O5S. The van der Waals surface area contributed by atoms with Crippen molar-refractivity contribution in [2.75, 3.05) is 30.8 Å². The number of carbonyl (C=O) groups excluding carboxylic acids is 1. The maximum absolute atomic E-state index is 12.2. The lowest BCUT2D eigenvalue weighted by molar-refractivity contribution is -0.127. The van der Waals surface area contributed by atoms with Gasteiger partial charge in [0.25, 0.3) is 5.91 Å². The van der Waals surface area contributed by atoms with E-state index >= 15 is 0 Å². The number of ether oxygens (including phenoxy) is 2. The molecule has 2 rings (SSSR count). The van der Waals surface area contributed by atoms with Crippen LogP contribution in [-0.2, 0) is 14.8 Å². The van der Waals surface area contributed by atoms with Crippen LogP contribution >= 0.6 is 0 Å². The molecular weight excluding hydrogens is 380 g/mol. The van der Waals surface area contributed by atoms with Gasteiger partial charge in [0, 0.05) is 7.05 Å². The average Bonchev–Trinajstić information content (AvgIpc) is 2.65. The number of aryl methyl sites for hydroxylation is 1. The van der Waals surface area contributed by atoms with Gasteiger partial charge in [-0.1, -0.05) is 18.2 Å². The fourth-order valence-corrected chi connectivity index (χ4v) is 2.89. The standard InChI is InChI=1S/C20H26N2O5S/c1-15-7-5-6-8-19(15)26-14-13-21-20(23)16(2)27-18-11-9-17(10-12-18)22(3)28(4,24)25/h5-12,16H,13-14H2,1-4H3,(H,21,23)/t16-/m1/s1. The Labute approximate surface area is 166 Å². The van der Waals surface area contributed by atoms with Crippen molar-refractivity contribution in [1.82, 2.24) is 5.32 Å². The lowest BCUT2D eigenvalue weighted by atomic mass is 10.2. The summed E-state index contributed by atoms with van der Waals surface area (Å²) in [5.74, 6) is 1.01. The Kier molecular flexibility index (Phi) is 7.28. The highest BCUT2D eigenvalue weighted by molar-refractivity contribution is 7.92. The first kappa shape index (κ1) is 21.6. The van der Waals surface area contributed by atoms with E-state index in [0.717, 1.165) is 17.6 Å². The van der Waals surface area contributed by atoms with Crippen molar-refractivity contribution in [2.45, 2.75) is 20.0 Å². The number of benzene rings is 2. The van der Waals surface area contributed by atoms with Crippen LogP contribution in [-0.4, -0.2) is 46.9 Å². The molecule has 0 saturated carbocycles. The van der Waals surface area contributed by atoms with E-state index < -0.39 is 16.1 Å². The molecule has 0 fully saturated rings. The molecule has 0 aliphatic carbocycles.